The first-order valence-electron chi connectivity index (χ1n) is 9.86. The molecule has 142 valence electrons. The van der Waals surface area contributed by atoms with Gasteiger partial charge in [-0.3, -0.25) is 9.59 Å². The number of nitrogens with zero attached hydrogens (tertiary/aromatic N) is 1. The lowest BCUT2D eigenvalue weighted by molar-refractivity contribution is -0.124. The molecule has 0 radical (unpaired) electrons. The second-order valence-electron chi connectivity index (χ2n) is 7.64. The van der Waals surface area contributed by atoms with Crippen LogP contribution in [0.25, 0.3) is 0 Å². The number of likely N-dealkylation sites (N-methyl/N-ethyl adjacent to an activating group) is 1. The smallest absolute Gasteiger partial charge is 0.254 e. The van der Waals surface area contributed by atoms with Crippen LogP contribution in [-0.4, -0.2) is 29.8 Å². The molecule has 1 N–H and O–H groups in total. The number of nitrogens with one attached hydrogen (secondary N) is 1. The number of carbonyl (C=O) groups is 2. The van der Waals surface area contributed by atoms with Crippen molar-refractivity contribution >= 4 is 23.2 Å². The monoisotopic (exact) mass is 382 g/mol. The van der Waals surface area contributed by atoms with E-state index in [0.717, 1.165) is 23.3 Å². The lowest BCUT2D eigenvalue weighted by atomic mass is 9.81. The Morgan fingerprint density at radius 2 is 1.81 bits per heavy atom. The number of hydrogen-bond acceptors (Lipinski definition) is 3. The zero-order chi connectivity index (χ0) is 18.8. The number of carbonyl (C=O) groups excluding carboxylic acids is 2. The average molecular weight is 383 g/mol. The molecule has 1 fully saturated rings. The zero-order valence-corrected chi connectivity index (χ0v) is 16.5. The highest BCUT2D eigenvalue weighted by molar-refractivity contribution is 7.10. The number of hydrogen-bond donors (Lipinski definition) is 1. The van der Waals surface area contributed by atoms with Crippen LogP contribution in [0.3, 0.4) is 0 Å². The summed E-state index contributed by atoms with van der Waals surface area (Å²) in [6.07, 6.45) is 6.98. The van der Waals surface area contributed by atoms with Gasteiger partial charge in [-0.25, -0.2) is 0 Å². The molecule has 2 aliphatic rings. The van der Waals surface area contributed by atoms with Gasteiger partial charge in [-0.2, -0.15) is 0 Å². The quantitative estimate of drug-likeness (QED) is 0.795. The molecule has 4 rings (SSSR count). The minimum atomic E-state index is -0.370. The number of benzene rings is 1. The third-order valence-corrected chi connectivity index (χ3v) is 6.84. The van der Waals surface area contributed by atoms with Crippen LogP contribution in [0.15, 0.2) is 41.8 Å². The maximum atomic E-state index is 13.5. The first-order chi connectivity index (χ1) is 13.2. The fraction of sp³-hybridized carbons (Fsp3) is 0.455. The summed E-state index contributed by atoms with van der Waals surface area (Å²) in [5.41, 5.74) is 1.50. The van der Waals surface area contributed by atoms with Crippen LogP contribution in [0, 0.1) is 0 Å². The van der Waals surface area contributed by atoms with Crippen molar-refractivity contribution in [2.24, 2.45) is 0 Å². The SMILES string of the molecule is CN1C(=O)c2ccccc2C(C(=O)NC2CCCCCC2)C1c1cccs1. The Balaban J connectivity index is 1.70. The summed E-state index contributed by atoms with van der Waals surface area (Å²) in [6.45, 7) is 0. The molecule has 0 spiro atoms. The molecule has 27 heavy (non-hydrogen) atoms. The zero-order valence-electron chi connectivity index (χ0n) is 15.7. The fourth-order valence-electron chi connectivity index (χ4n) is 4.49. The highest BCUT2D eigenvalue weighted by atomic mass is 32.1. The van der Waals surface area contributed by atoms with Crippen molar-refractivity contribution in [3.63, 3.8) is 0 Å². The molecule has 5 heteroatoms. The summed E-state index contributed by atoms with van der Waals surface area (Å²) in [7, 11) is 1.81. The van der Waals surface area contributed by atoms with E-state index in [4.69, 9.17) is 0 Å². The minimum Gasteiger partial charge on any atom is -0.353 e. The van der Waals surface area contributed by atoms with E-state index < -0.39 is 0 Å². The van der Waals surface area contributed by atoms with Crippen molar-refractivity contribution in [2.75, 3.05) is 7.05 Å². The van der Waals surface area contributed by atoms with Gasteiger partial charge in [0.15, 0.2) is 0 Å². The molecule has 1 aromatic heterocycles. The first-order valence-corrected chi connectivity index (χ1v) is 10.7. The highest BCUT2D eigenvalue weighted by Gasteiger charge is 2.43. The third kappa shape index (κ3) is 3.53. The van der Waals surface area contributed by atoms with Gasteiger partial charge in [-0.1, -0.05) is 49.9 Å². The molecule has 0 bridgehead atoms. The first kappa shape index (κ1) is 18.2. The van der Waals surface area contributed by atoms with Gasteiger partial charge in [0, 0.05) is 23.5 Å². The Kier molecular flexibility index (Phi) is 5.30. The minimum absolute atomic E-state index is 0.0116. The molecule has 4 nitrogen and oxygen atoms in total. The van der Waals surface area contributed by atoms with Crippen LogP contribution >= 0.6 is 11.3 Å². The largest absolute Gasteiger partial charge is 0.353 e. The lowest BCUT2D eigenvalue weighted by Gasteiger charge is -2.39. The lowest BCUT2D eigenvalue weighted by Crippen LogP contribution is -2.47. The molecular formula is C22H26N2O2S. The van der Waals surface area contributed by atoms with E-state index in [1.807, 2.05) is 48.8 Å². The molecule has 1 aliphatic heterocycles. The van der Waals surface area contributed by atoms with E-state index in [1.54, 1.807) is 16.2 Å². The summed E-state index contributed by atoms with van der Waals surface area (Å²) >= 11 is 1.61. The van der Waals surface area contributed by atoms with Gasteiger partial charge in [-0.15, -0.1) is 11.3 Å². The van der Waals surface area contributed by atoms with E-state index in [1.165, 1.54) is 25.7 Å². The van der Waals surface area contributed by atoms with Gasteiger partial charge in [0.25, 0.3) is 5.91 Å². The van der Waals surface area contributed by atoms with E-state index in [-0.39, 0.29) is 29.8 Å². The van der Waals surface area contributed by atoms with Gasteiger partial charge >= 0.3 is 0 Å². The number of rotatable bonds is 3. The second kappa shape index (κ2) is 7.85. The molecule has 2 heterocycles. The predicted molar refractivity (Wildman–Crippen MR) is 108 cm³/mol. The van der Waals surface area contributed by atoms with Crippen LogP contribution < -0.4 is 5.32 Å². The fourth-order valence-corrected chi connectivity index (χ4v) is 5.39. The summed E-state index contributed by atoms with van der Waals surface area (Å²) < 4.78 is 0. The van der Waals surface area contributed by atoms with E-state index in [2.05, 4.69) is 5.32 Å². The Hall–Kier alpha value is -2.14. The molecule has 2 aromatic rings. The second-order valence-corrected chi connectivity index (χ2v) is 8.62. The molecule has 1 saturated carbocycles. The van der Waals surface area contributed by atoms with Crippen LogP contribution in [-0.2, 0) is 4.79 Å². The van der Waals surface area contributed by atoms with Gasteiger partial charge in [0.05, 0.1) is 12.0 Å². The van der Waals surface area contributed by atoms with Crippen molar-refractivity contribution in [3.05, 3.63) is 57.8 Å². The molecule has 1 aromatic carbocycles. The van der Waals surface area contributed by atoms with Crippen molar-refractivity contribution in [2.45, 2.75) is 56.5 Å². The summed E-state index contributed by atoms with van der Waals surface area (Å²) in [5, 5.41) is 5.33. The van der Waals surface area contributed by atoms with Gasteiger partial charge in [0.1, 0.15) is 0 Å². The molecule has 0 saturated heterocycles. The van der Waals surface area contributed by atoms with Crippen molar-refractivity contribution in [1.82, 2.24) is 10.2 Å². The molecule has 2 unspecified atom stereocenters. The summed E-state index contributed by atoms with van der Waals surface area (Å²) in [4.78, 5) is 29.2. The Bertz CT molecular complexity index is 809. The number of thiophene rings is 1. The van der Waals surface area contributed by atoms with Crippen molar-refractivity contribution in [1.29, 1.82) is 0 Å². The van der Waals surface area contributed by atoms with Crippen LogP contribution in [0.4, 0.5) is 0 Å². The Morgan fingerprint density at radius 3 is 2.52 bits per heavy atom. The van der Waals surface area contributed by atoms with E-state index >= 15 is 0 Å². The van der Waals surface area contributed by atoms with Gasteiger partial charge in [-0.05, 0) is 35.9 Å². The van der Waals surface area contributed by atoms with Gasteiger partial charge in [0.2, 0.25) is 5.91 Å². The molecule has 1 aliphatic carbocycles. The topological polar surface area (TPSA) is 49.4 Å². The maximum Gasteiger partial charge on any atom is 0.254 e. The normalized spacial score (nSPS) is 23.6. The summed E-state index contributed by atoms with van der Waals surface area (Å²) in [5.74, 6) is -0.333. The molecular weight excluding hydrogens is 356 g/mol. The van der Waals surface area contributed by atoms with Gasteiger partial charge < -0.3 is 10.2 Å². The van der Waals surface area contributed by atoms with Crippen LogP contribution in [0.1, 0.15) is 71.3 Å². The average Bonchev–Trinajstić information content (AvgIpc) is 3.09. The number of fused-ring (bicyclic) bond motifs is 1. The molecule has 2 atom stereocenters. The maximum absolute atomic E-state index is 13.5. The summed E-state index contributed by atoms with van der Waals surface area (Å²) in [6, 6.07) is 11.6. The molecule has 2 amide bonds. The predicted octanol–water partition coefficient (Wildman–Crippen LogP) is 4.50. The van der Waals surface area contributed by atoms with Crippen LogP contribution in [0.5, 0.6) is 0 Å². The number of amides is 2. The standard InChI is InChI=1S/C22H26N2O2S/c1-24-20(18-13-8-14-27-18)19(16-11-6-7-12-17(16)22(24)26)21(25)23-15-9-4-2-3-5-10-15/h6-8,11-15,19-20H,2-5,9-10H2,1H3,(H,23,25). The van der Waals surface area contributed by atoms with Crippen molar-refractivity contribution in [3.8, 4) is 0 Å². The Morgan fingerprint density at radius 1 is 1.07 bits per heavy atom. The third-order valence-electron chi connectivity index (χ3n) is 5.90. The van der Waals surface area contributed by atoms with Crippen molar-refractivity contribution < 1.29 is 9.59 Å². The van der Waals surface area contributed by atoms with E-state index in [0.29, 0.717) is 5.56 Å². The van der Waals surface area contributed by atoms with E-state index in [9.17, 15) is 9.59 Å². The highest BCUT2D eigenvalue weighted by Crippen LogP contribution is 2.43. The Labute approximate surface area is 164 Å². The van der Waals surface area contributed by atoms with Crippen LogP contribution in [0.2, 0.25) is 0 Å².